The minimum Gasteiger partial charge on any atom is -0.387 e. The number of nitrogens with zero attached hydrogens (tertiary/aromatic N) is 2. The van der Waals surface area contributed by atoms with Gasteiger partial charge in [-0.3, -0.25) is 14.6 Å². The fraction of sp³-hybridized carbons (Fsp3) is 0.250. The van der Waals surface area contributed by atoms with Gasteiger partial charge in [0, 0.05) is 24.3 Å². The van der Waals surface area contributed by atoms with Gasteiger partial charge < -0.3 is 15.7 Å². The van der Waals surface area contributed by atoms with Gasteiger partial charge in [0.25, 0.3) is 5.91 Å². The molecule has 1 aromatic carbocycles. The monoisotopic (exact) mass is 450 g/mol. The van der Waals surface area contributed by atoms with E-state index in [-0.39, 0.29) is 11.3 Å². The average molecular weight is 451 g/mol. The van der Waals surface area contributed by atoms with Crippen LogP contribution in [0.4, 0.5) is 5.69 Å². The van der Waals surface area contributed by atoms with Gasteiger partial charge in [-0.1, -0.05) is 44.7 Å². The number of carbonyl (C=O) groups excluding carboxylic acids is 2. The van der Waals surface area contributed by atoms with Crippen molar-refractivity contribution in [1.82, 2.24) is 15.3 Å². The molecule has 0 aliphatic carbocycles. The summed E-state index contributed by atoms with van der Waals surface area (Å²) < 4.78 is 0. The number of hydrogen-bond acceptors (Lipinski definition) is 6. The van der Waals surface area contributed by atoms with Crippen LogP contribution in [0.2, 0.25) is 0 Å². The zero-order valence-corrected chi connectivity index (χ0v) is 19.0. The summed E-state index contributed by atoms with van der Waals surface area (Å²) in [6.07, 6.45) is 4.82. The third-order valence-corrected chi connectivity index (χ3v) is 5.87. The van der Waals surface area contributed by atoms with E-state index in [0.717, 1.165) is 5.56 Å². The lowest BCUT2D eigenvalue weighted by Crippen LogP contribution is -2.29. The third-order valence-electron chi connectivity index (χ3n) is 4.70. The molecule has 2 heterocycles. The number of aliphatic hydroxyl groups is 1. The van der Waals surface area contributed by atoms with E-state index in [1.165, 1.54) is 17.3 Å². The van der Waals surface area contributed by atoms with Crippen LogP contribution in [0.15, 0.2) is 72.1 Å². The number of aromatic nitrogens is 2. The molecule has 3 rings (SSSR count). The first-order valence-electron chi connectivity index (χ1n) is 10.1. The SMILES string of the molecule is CC(C)(C)c1ccc(NC(=O)c2cccnc2SC(NC(=O)CO)c2ccncc2)cc1. The predicted molar refractivity (Wildman–Crippen MR) is 125 cm³/mol. The molecule has 2 aromatic heterocycles. The number of thioether (sulfide) groups is 1. The Kier molecular flexibility index (Phi) is 7.61. The van der Waals surface area contributed by atoms with Crippen LogP contribution >= 0.6 is 11.8 Å². The van der Waals surface area contributed by atoms with E-state index in [9.17, 15) is 9.59 Å². The highest BCUT2D eigenvalue weighted by molar-refractivity contribution is 7.99. The van der Waals surface area contributed by atoms with Crippen LogP contribution in [0.25, 0.3) is 0 Å². The Hall–Kier alpha value is -3.23. The first kappa shape index (κ1) is 23.4. The average Bonchev–Trinajstić information content (AvgIpc) is 2.79. The lowest BCUT2D eigenvalue weighted by atomic mass is 9.87. The van der Waals surface area contributed by atoms with Gasteiger partial charge in [-0.2, -0.15) is 0 Å². The maximum Gasteiger partial charge on any atom is 0.258 e. The number of hydrogen-bond donors (Lipinski definition) is 3. The van der Waals surface area contributed by atoms with Crippen LogP contribution in [0.1, 0.15) is 47.6 Å². The second-order valence-corrected chi connectivity index (χ2v) is 9.24. The Morgan fingerprint density at radius 2 is 1.72 bits per heavy atom. The molecule has 3 N–H and O–H groups in total. The lowest BCUT2D eigenvalue weighted by molar-refractivity contribution is -0.124. The van der Waals surface area contributed by atoms with Crippen molar-refractivity contribution in [2.24, 2.45) is 0 Å². The van der Waals surface area contributed by atoms with Crippen LogP contribution in [0, 0.1) is 0 Å². The van der Waals surface area contributed by atoms with E-state index >= 15 is 0 Å². The van der Waals surface area contributed by atoms with E-state index in [1.807, 2.05) is 24.3 Å². The summed E-state index contributed by atoms with van der Waals surface area (Å²) >= 11 is 1.21. The zero-order chi connectivity index (χ0) is 23.1. The Balaban J connectivity index is 1.82. The Bertz CT molecular complexity index is 1070. The number of carbonyl (C=O) groups is 2. The number of amides is 2. The molecule has 0 spiro atoms. The maximum atomic E-state index is 13.0. The Morgan fingerprint density at radius 1 is 1.03 bits per heavy atom. The topological polar surface area (TPSA) is 104 Å². The summed E-state index contributed by atoms with van der Waals surface area (Å²) in [6, 6.07) is 14.6. The molecule has 0 aliphatic rings. The summed E-state index contributed by atoms with van der Waals surface area (Å²) in [6.45, 7) is 5.76. The Labute approximate surface area is 191 Å². The highest BCUT2D eigenvalue weighted by Crippen LogP contribution is 2.34. The van der Waals surface area contributed by atoms with Crippen LogP contribution in [0.5, 0.6) is 0 Å². The van der Waals surface area contributed by atoms with Crippen molar-refractivity contribution in [3.8, 4) is 0 Å². The molecule has 0 fully saturated rings. The van der Waals surface area contributed by atoms with Crippen LogP contribution < -0.4 is 10.6 Å². The van der Waals surface area contributed by atoms with Gasteiger partial charge in [-0.25, -0.2) is 4.98 Å². The highest BCUT2D eigenvalue weighted by Gasteiger charge is 2.21. The van der Waals surface area contributed by atoms with Gasteiger partial charge in [0.2, 0.25) is 5.91 Å². The molecule has 7 nitrogen and oxygen atoms in total. The van der Waals surface area contributed by atoms with Gasteiger partial charge in [0.15, 0.2) is 0 Å². The summed E-state index contributed by atoms with van der Waals surface area (Å²) in [5.74, 6) is -0.828. The molecule has 2 amide bonds. The standard InChI is InChI=1S/C24H26N4O3S/c1-24(2,3)17-6-8-18(9-7-17)27-21(31)19-5-4-12-26-23(19)32-22(28-20(30)15-29)16-10-13-25-14-11-16/h4-14,22,29H,15H2,1-3H3,(H,27,31)(H,28,30). The first-order chi connectivity index (χ1) is 15.3. The van der Waals surface area contributed by atoms with E-state index in [1.54, 1.807) is 42.9 Å². The molecule has 0 aliphatic heterocycles. The highest BCUT2D eigenvalue weighted by atomic mass is 32.2. The molecule has 166 valence electrons. The molecular formula is C24H26N4O3S. The summed E-state index contributed by atoms with van der Waals surface area (Å²) in [5, 5.41) is 14.7. The van der Waals surface area contributed by atoms with Crippen molar-refractivity contribution < 1.29 is 14.7 Å². The summed E-state index contributed by atoms with van der Waals surface area (Å²) in [5.41, 5.74) is 3.03. The van der Waals surface area contributed by atoms with E-state index in [2.05, 4.69) is 41.4 Å². The fourth-order valence-corrected chi connectivity index (χ4v) is 4.05. The molecular weight excluding hydrogens is 424 g/mol. The zero-order valence-electron chi connectivity index (χ0n) is 18.2. The number of benzene rings is 1. The van der Waals surface area contributed by atoms with Crippen LogP contribution in [-0.2, 0) is 10.2 Å². The van der Waals surface area contributed by atoms with Crippen LogP contribution in [-0.4, -0.2) is 33.5 Å². The molecule has 8 heteroatoms. The van der Waals surface area contributed by atoms with Gasteiger partial charge in [0.05, 0.1) is 5.56 Å². The molecule has 1 atom stereocenters. The van der Waals surface area contributed by atoms with Gasteiger partial charge in [-0.15, -0.1) is 0 Å². The van der Waals surface area contributed by atoms with Gasteiger partial charge in [0.1, 0.15) is 17.0 Å². The molecule has 0 bridgehead atoms. The smallest absolute Gasteiger partial charge is 0.258 e. The number of rotatable bonds is 7. The van der Waals surface area contributed by atoms with Gasteiger partial charge >= 0.3 is 0 Å². The third kappa shape index (κ3) is 6.15. The van der Waals surface area contributed by atoms with E-state index < -0.39 is 17.9 Å². The van der Waals surface area contributed by atoms with Crippen molar-refractivity contribution in [2.75, 3.05) is 11.9 Å². The minimum atomic E-state index is -0.637. The summed E-state index contributed by atoms with van der Waals surface area (Å²) in [7, 11) is 0. The quantitative estimate of drug-likeness (QED) is 0.372. The minimum absolute atomic E-state index is 0.0245. The van der Waals surface area contributed by atoms with Crippen molar-refractivity contribution >= 4 is 29.3 Å². The van der Waals surface area contributed by atoms with Crippen molar-refractivity contribution in [2.45, 2.75) is 36.6 Å². The van der Waals surface area contributed by atoms with Crippen LogP contribution in [0.3, 0.4) is 0 Å². The summed E-state index contributed by atoms with van der Waals surface area (Å²) in [4.78, 5) is 33.2. The molecule has 0 saturated carbocycles. The largest absolute Gasteiger partial charge is 0.387 e. The second-order valence-electron chi connectivity index (χ2n) is 8.14. The van der Waals surface area contributed by atoms with Crippen molar-refractivity contribution in [1.29, 1.82) is 0 Å². The molecule has 0 saturated heterocycles. The number of aliphatic hydroxyl groups excluding tert-OH is 1. The number of pyridine rings is 2. The normalized spacial score (nSPS) is 12.1. The fourth-order valence-electron chi connectivity index (χ4n) is 2.93. The molecule has 1 unspecified atom stereocenters. The van der Waals surface area contributed by atoms with Crippen molar-refractivity contribution in [3.63, 3.8) is 0 Å². The molecule has 32 heavy (non-hydrogen) atoms. The van der Waals surface area contributed by atoms with E-state index in [0.29, 0.717) is 16.3 Å². The molecule has 0 radical (unpaired) electrons. The van der Waals surface area contributed by atoms with Crippen molar-refractivity contribution in [3.05, 3.63) is 83.8 Å². The first-order valence-corrected chi connectivity index (χ1v) is 11.0. The number of anilines is 1. The van der Waals surface area contributed by atoms with Gasteiger partial charge in [-0.05, 0) is 52.9 Å². The maximum absolute atomic E-state index is 13.0. The lowest BCUT2D eigenvalue weighted by Gasteiger charge is -2.20. The predicted octanol–water partition coefficient (Wildman–Crippen LogP) is 3.93. The molecule has 3 aromatic rings. The van der Waals surface area contributed by atoms with E-state index in [4.69, 9.17) is 5.11 Å². The number of nitrogens with one attached hydrogen (secondary N) is 2. The second kappa shape index (κ2) is 10.4. The Morgan fingerprint density at radius 3 is 2.34 bits per heavy atom.